The van der Waals surface area contributed by atoms with Gasteiger partial charge in [-0.1, -0.05) is 38.5 Å². The number of hydrogen-bond donors (Lipinski definition) is 1. The van der Waals surface area contributed by atoms with E-state index in [4.69, 9.17) is 0 Å². The van der Waals surface area contributed by atoms with Gasteiger partial charge < -0.3 is 10.2 Å². The Balaban J connectivity index is 1.57. The molecule has 0 saturated heterocycles. The van der Waals surface area contributed by atoms with E-state index in [9.17, 15) is 13.6 Å². The minimum absolute atomic E-state index is 0.0210. The molecule has 5 heteroatoms. The van der Waals surface area contributed by atoms with E-state index in [1.807, 2.05) is 6.92 Å². The SMILES string of the molecule is CC1=C(C(=O)NC2CCCCC2)CC(c2cc(F)ccc2F)N1CC1CCCCC1. The molecule has 0 spiro atoms. The summed E-state index contributed by atoms with van der Waals surface area (Å²) in [7, 11) is 0. The van der Waals surface area contributed by atoms with Crippen molar-refractivity contribution < 1.29 is 13.6 Å². The molecule has 4 rings (SSSR count). The molecule has 164 valence electrons. The second-order valence-electron chi connectivity index (χ2n) is 9.41. The van der Waals surface area contributed by atoms with Crippen molar-refractivity contribution in [1.82, 2.24) is 10.2 Å². The molecule has 1 atom stereocenters. The summed E-state index contributed by atoms with van der Waals surface area (Å²) in [5.74, 6) is -0.292. The van der Waals surface area contributed by atoms with Gasteiger partial charge in [-0.25, -0.2) is 8.78 Å². The van der Waals surface area contributed by atoms with Crippen molar-refractivity contribution in [2.45, 2.75) is 89.6 Å². The van der Waals surface area contributed by atoms with Gasteiger partial charge in [0.1, 0.15) is 11.6 Å². The van der Waals surface area contributed by atoms with Crippen molar-refractivity contribution in [3.05, 3.63) is 46.7 Å². The van der Waals surface area contributed by atoms with E-state index in [1.54, 1.807) is 0 Å². The highest BCUT2D eigenvalue weighted by atomic mass is 19.1. The second kappa shape index (κ2) is 9.49. The number of hydrogen-bond acceptors (Lipinski definition) is 2. The zero-order valence-electron chi connectivity index (χ0n) is 18.1. The number of nitrogens with zero attached hydrogens (tertiary/aromatic N) is 1. The Morgan fingerprint density at radius 2 is 1.70 bits per heavy atom. The van der Waals surface area contributed by atoms with Crippen LogP contribution in [-0.2, 0) is 4.79 Å². The Morgan fingerprint density at radius 3 is 2.40 bits per heavy atom. The van der Waals surface area contributed by atoms with Gasteiger partial charge in [0.25, 0.3) is 0 Å². The number of nitrogens with one attached hydrogen (secondary N) is 1. The zero-order valence-corrected chi connectivity index (χ0v) is 18.1. The average molecular weight is 417 g/mol. The molecule has 2 aliphatic carbocycles. The van der Waals surface area contributed by atoms with Crippen LogP contribution in [0.25, 0.3) is 0 Å². The largest absolute Gasteiger partial charge is 0.367 e. The molecule has 0 aromatic heterocycles. The summed E-state index contributed by atoms with van der Waals surface area (Å²) in [6.45, 7) is 2.79. The molecule has 1 heterocycles. The summed E-state index contributed by atoms with van der Waals surface area (Å²) in [4.78, 5) is 15.3. The van der Waals surface area contributed by atoms with Gasteiger partial charge in [-0.15, -0.1) is 0 Å². The Kier molecular flexibility index (Phi) is 6.74. The van der Waals surface area contributed by atoms with Gasteiger partial charge in [0.05, 0.1) is 6.04 Å². The molecule has 3 aliphatic rings. The van der Waals surface area contributed by atoms with E-state index in [1.165, 1.54) is 50.7 Å². The van der Waals surface area contributed by atoms with Crippen molar-refractivity contribution in [3.8, 4) is 0 Å². The lowest BCUT2D eigenvalue weighted by Crippen LogP contribution is -2.37. The van der Waals surface area contributed by atoms with Gasteiger partial charge in [0.15, 0.2) is 0 Å². The van der Waals surface area contributed by atoms with E-state index in [0.717, 1.165) is 49.6 Å². The molecule has 1 N–H and O–H groups in total. The lowest BCUT2D eigenvalue weighted by Gasteiger charge is -2.34. The number of allylic oxidation sites excluding steroid dienone is 1. The Bertz CT molecular complexity index is 794. The Hall–Kier alpha value is -1.91. The quantitative estimate of drug-likeness (QED) is 0.637. The highest BCUT2D eigenvalue weighted by Crippen LogP contribution is 2.42. The van der Waals surface area contributed by atoms with Crippen molar-refractivity contribution in [2.24, 2.45) is 5.92 Å². The predicted octanol–water partition coefficient (Wildman–Crippen LogP) is 6.01. The molecule has 0 bridgehead atoms. The molecule has 2 fully saturated rings. The zero-order chi connectivity index (χ0) is 21.1. The van der Waals surface area contributed by atoms with E-state index in [-0.39, 0.29) is 18.0 Å². The smallest absolute Gasteiger partial charge is 0.249 e. The number of carbonyl (C=O) groups excluding carboxylic acids is 1. The van der Waals surface area contributed by atoms with Crippen LogP contribution in [0.15, 0.2) is 29.5 Å². The minimum Gasteiger partial charge on any atom is -0.367 e. The molecule has 0 radical (unpaired) electrons. The Labute approximate surface area is 178 Å². The highest BCUT2D eigenvalue weighted by Gasteiger charge is 2.37. The van der Waals surface area contributed by atoms with Crippen molar-refractivity contribution in [1.29, 1.82) is 0 Å². The maximum atomic E-state index is 14.7. The summed E-state index contributed by atoms with van der Waals surface area (Å²) in [5, 5.41) is 3.22. The molecule has 3 nitrogen and oxygen atoms in total. The van der Waals surface area contributed by atoms with Crippen LogP contribution in [0.4, 0.5) is 8.78 Å². The molecule has 1 aromatic carbocycles. The number of carbonyl (C=O) groups is 1. The number of benzene rings is 1. The molecule has 1 unspecified atom stereocenters. The van der Waals surface area contributed by atoms with Crippen molar-refractivity contribution in [3.63, 3.8) is 0 Å². The van der Waals surface area contributed by atoms with Crippen molar-refractivity contribution >= 4 is 5.91 Å². The van der Waals surface area contributed by atoms with Crippen LogP contribution in [-0.4, -0.2) is 23.4 Å². The van der Waals surface area contributed by atoms with Gasteiger partial charge in [0, 0.05) is 35.8 Å². The fourth-order valence-electron chi connectivity index (χ4n) is 5.59. The van der Waals surface area contributed by atoms with Gasteiger partial charge in [0.2, 0.25) is 5.91 Å². The van der Waals surface area contributed by atoms with Gasteiger partial charge in [-0.05, 0) is 56.7 Å². The first kappa shape index (κ1) is 21.3. The predicted molar refractivity (Wildman–Crippen MR) is 115 cm³/mol. The minimum atomic E-state index is -0.429. The molecule has 30 heavy (non-hydrogen) atoms. The third-order valence-corrected chi connectivity index (χ3v) is 7.35. The molecular formula is C25H34F2N2O. The van der Waals surface area contributed by atoms with Gasteiger partial charge in [-0.3, -0.25) is 4.79 Å². The molecule has 1 aliphatic heterocycles. The summed E-state index contributed by atoms with van der Waals surface area (Å²) in [6, 6.07) is 3.61. The standard InChI is InChI=1S/C25H34F2N2O/c1-17-21(25(30)28-20-10-6-3-7-11-20)15-24(22-14-19(26)12-13-23(22)27)29(17)16-18-8-4-2-5-9-18/h12-14,18,20,24H,2-11,15-16H2,1H3,(H,28,30). The van der Waals surface area contributed by atoms with E-state index < -0.39 is 11.6 Å². The topological polar surface area (TPSA) is 32.3 Å². The summed E-state index contributed by atoms with van der Waals surface area (Å²) >= 11 is 0. The van der Waals surface area contributed by atoms with Gasteiger partial charge >= 0.3 is 0 Å². The van der Waals surface area contributed by atoms with E-state index in [2.05, 4.69) is 10.2 Å². The molecule has 1 aromatic rings. The van der Waals surface area contributed by atoms with E-state index >= 15 is 0 Å². The van der Waals surface area contributed by atoms with Crippen LogP contribution in [0.1, 0.15) is 89.2 Å². The number of rotatable bonds is 5. The third-order valence-electron chi connectivity index (χ3n) is 7.35. The fourth-order valence-corrected chi connectivity index (χ4v) is 5.59. The van der Waals surface area contributed by atoms with Gasteiger partial charge in [-0.2, -0.15) is 0 Å². The van der Waals surface area contributed by atoms with Crippen LogP contribution in [0, 0.1) is 17.6 Å². The number of halogens is 2. The molecular weight excluding hydrogens is 382 g/mol. The first-order chi connectivity index (χ1) is 14.5. The average Bonchev–Trinajstić information content (AvgIpc) is 3.07. The van der Waals surface area contributed by atoms with E-state index in [0.29, 0.717) is 17.9 Å². The summed E-state index contributed by atoms with van der Waals surface area (Å²) in [6.07, 6.45) is 12.2. The second-order valence-corrected chi connectivity index (χ2v) is 9.41. The van der Waals surface area contributed by atoms with Crippen LogP contribution in [0.2, 0.25) is 0 Å². The van der Waals surface area contributed by atoms with Crippen LogP contribution in [0.3, 0.4) is 0 Å². The first-order valence-electron chi connectivity index (χ1n) is 11.7. The lowest BCUT2D eigenvalue weighted by molar-refractivity contribution is -0.118. The van der Waals surface area contributed by atoms with Crippen LogP contribution in [0.5, 0.6) is 0 Å². The summed E-state index contributed by atoms with van der Waals surface area (Å²) < 4.78 is 28.7. The number of amides is 1. The van der Waals surface area contributed by atoms with Crippen LogP contribution < -0.4 is 5.32 Å². The molecule has 2 saturated carbocycles. The Morgan fingerprint density at radius 1 is 1.03 bits per heavy atom. The highest BCUT2D eigenvalue weighted by molar-refractivity contribution is 5.95. The fraction of sp³-hybridized carbons (Fsp3) is 0.640. The maximum Gasteiger partial charge on any atom is 0.249 e. The third kappa shape index (κ3) is 4.70. The van der Waals surface area contributed by atoms with Crippen molar-refractivity contribution in [2.75, 3.05) is 6.54 Å². The summed E-state index contributed by atoms with van der Waals surface area (Å²) in [5.41, 5.74) is 2.04. The first-order valence-corrected chi connectivity index (χ1v) is 11.7. The van der Waals surface area contributed by atoms with Crippen LogP contribution >= 0.6 is 0 Å². The lowest BCUT2D eigenvalue weighted by atomic mass is 9.88. The maximum absolute atomic E-state index is 14.7. The normalized spacial score (nSPS) is 23.8. The monoisotopic (exact) mass is 416 g/mol. The molecule has 1 amide bonds.